The highest BCUT2D eigenvalue weighted by molar-refractivity contribution is 7.90. The summed E-state index contributed by atoms with van der Waals surface area (Å²) in [5.74, 6) is -1.32. The highest BCUT2D eigenvalue weighted by atomic mass is 32.2. The van der Waals surface area contributed by atoms with Crippen LogP contribution in [0.5, 0.6) is 0 Å². The Morgan fingerprint density at radius 1 is 1.00 bits per heavy atom. The van der Waals surface area contributed by atoms with Crippen molar-refractivity contribution in [2.24, 2.45) is 0 Å². The van der Waals surface area contributed by atoms with E-state index in [1.54, 1.807) is 41.0 Å². The van der Waals surface area contributed by atoms with Crippen LogP contribution in [0, 0.1) is 6.92 Å². The predicted octanol–water partition coefficient (Wildman–Crippen LogP) is 5.30. The molecule has 1 amide bonds. The number of benzene rings is 3. The SMILES string of the molecule is CCc1nc2cc(C(=O)C(F)(F)F)ccc2n1-c1ccc(CCOC(=O)NS(=O)(=O)c2ccc(C)cc2)cc1. The number of halogens is 3. The van der Waals surface area contributed by atoms with Gasteiger partial charge in [-0.3, -0.25) is 9.36 Å². The number of imidazole rings is 1. The zero-order chi connectivity index (χ0) is 28.4. The Kier molecular flexibility index (Phi) is 7.77. The molecule has 204 valence electrons. The highest BCUT2D eigenvalue weighted by Gasteiger charge is 2.39. The van der Waals surface area contributed by atoms with Gasteiger partial charge in [-0.25, -0.2) is 22.9 Å². The second-order valence-corrected chi connectivity index (χ2v) is 10.4. The standard InChI is InChI=1S/C27H24F3N3O5S/c1-3-24-31-22-16-19(25(34)27(28,29)30)8-13-23(22)33(24)20-9-6-18(7-10-20)14-15-38-26(35)32-39(36,37)21-11-4-17(2)5-12-21/h4-13,16H,3,14-15H2,1-2H3,(H,32,35). The minimum absolute atomic E-state index is 0.0534. The third-order valence-corrected chi connectivity index (χ3v) is 7.26. The van der Waals surface area contributed by atoms with Crippen LogP contribution in [0.15, 0.2) is 71.6 Å². The molecular formula is C27H24F3N3O5S. The van der Waals surface area contributed by atoms with E-state index in [9.17, 15) is 31.2 Å². The number of ether oxygens (including phenoxy) is 1. The lowest BCUT2D eigenvalue weighted by Crippen LogP contribution is -2.31. The number of hydrogen-bond acceptors (Lipinski definition) is 6. The molecule has 1 heterocycles. The van der Waals surface area contributed by atoms with Crippen LogP contribution in [0.1, 0.15) is 34.2 Å². The quantitative estimate of drug-likeness (QED) is 0.294. The van der Waals surface area contributed by atoms with Crippen molar-refractivity contribution in [2.75, 3.05) is 6.61 Å². The monoisotopic (exact) mass is 559 g/mol. The minimum Gasteiger partial charge on any atom is -0.448 e. The lowest BCUT2D eigenvalue weighted by atomic mass is 10.1. The predicted molar refractivity (Wildman–Crippen MR) is 137 cm³/mol. The first-order valence-electron chi connectivity index (χ1n) is 11.9. The Morgan fingerprint density at radius 3 is 2.28 bits per heavy atom. The van der Waals surface area contributed by atoms with Gasteiger partial charge in [0.15, 0.2) is 0 Å². The molecule has 1 aromatic heterocycles. The lowest BCUT2D eigenvalue weighted by molar-refractivity contribution is -0.0885. The Hall–Kier alpha value is -4.19. The Balaban J connectivity index is 1.42. The van der Waals surface area contributed by atoms with Crippen molar-refractivity contribution in [1.82, 2.24) is 14.3 Å². The Morgan fingerprint density at radius 2 is 1.67 bits per heavy atom. The van der Waals surface area contributed by atoms with Gasteiger partial charge in [-0.15, -0.1) is 0 Å². The number of hydrogen-bond donors (Lipinski definition) is 1. The number of aryl methyl sites for hydroxylation is 2. The molecule has 0 bridgehead atoms. The number of alkyl halides is 3. The van der Waals surface area contributed by atoms with Gasteiger partial charge in [0.25, 0.3) is 15.8 Å². The number of rotatable bonds is 8. The van der Waals surface area contributed by atoms with Crippen molar-refractivity contribution in [3.63, 3.8) is 0 Å². The average molecular weight is 560 g/mol. The van der Waals surface area contributed by atoms with Gasteiger partial charge < -0.3 is 4.74 Å². The molecule has 1 N–H and O–H groups in total. The molecule has 0 saturated heterocycles. The molecule has 0 radical (unpaired) electrons. The van der Waals surface area contributed by atoms with E-state index in [2.05, 4.69) is 4.98 Å². The summed E-state index contributed by atoms with van der Waals surface area (Å²) in [5, 5.41) is 0. The van der Waals surface area contributed by atoms with Crippen molar-refractivity contribution in [3.8, 4) is 5.69 Å². The summed E-state index contributed by atoms with van der Waals surface area (Å²) in [4.78, 5) is 28.0. The summed E-state index contributed by atoms with van der Waals surface area (Å²) in [7, 11) is -4.05. The molecule has 8 nitrogen and oxygen atoms in total. The number of Topliss-reactive ketones (excluding diaryl/α,β-unsaturated/α-hetero) is 1. The number of ketones is 1. The molecule has 0 atom stereocenters. The van der Waals surface area contributed by atoms with Gasteiger partial charge in [0, 0.05) is 24.1 Å². The van der Waals surface area contributed by atoms with Gasteiger partial charge in [0.1, 0.15) is 5.82 Å². The molecule has 0 unspecified atom stereocenters. The van der Waals surface area contributed by atoms with Gasteiger partial charge >= 0.3 is 12.3 Å². The van der Waals surface area contributed by atoms with E-state index in [0.29, 0.717) is 29.9 Å². The van der Waals surface area contributed by atoms with E-state index < -0.39 is 33.6 Å². The first kappa shape index (κ1) is 27.8. The van der Waals surface area contributed by atoms with Gasteiger partial charge in [0.2, 0.25) is 0 Å². The number of nitrogens with zero attached hydrogens (tertiary/aromatic N) is 2. The first-order chi connectivity index (χ1) is 18.4. The van der Waals surface area contributed by atoms with Crippen LogP contribution < -0.4 is 4.72 Å². The third kappa shape index (κ3) is 6.28. The number of aromatic nitrogens is 2. The number of sulfonamides is 1. The molecule has 0 aliphatic rings. The Labute approximate surface area is 222 Å². The zero-order valence-electron chi connectivity index (χ0n) is 20.9. The van der Waals surface area contributed by atoms with Crippen molar-refractivity contribution in [3.05, 3.63) is 89.2 Å². The molecule has 0 aliphatic carbocycles. The normalized spacial score (nSPS) is 11.9. The van der Waals surface area contributed by atoms with Crippen LogP contribution in [0.4, 0.5) is 18.0 Å². The molecule has 0 spiro atoms. The fourth-order valence-corrected chi connectivity index (χ4v) is 4.84. The van der Waals surface area contributed by atoms with Crippen molar-refractivity contribution in [2.45, 2.75) is 37.8 Å². The van der Waals surface area contributed by atoms with E-state index in [1.807, 2.05) is 18.6 Å². The maximum Gasteiger partial charge on any atom is 0.454 e. The number of fused-ring (bicyclic) bond motifs is 1. The highest BCUT2D eigenvalue weighted by Crippen LogP contribution is 2.27. The van der Waals surface area contributed by atoms with Gasteiger partial charge in [-0.05, 0) is 55.0 Å². The van der Waals surface area contributed by atoms with Gasteiger partial charge in [-0.2, -0.15) is 13.2 Å². The average Bonchev–Trinajstić information content (AvgIpc) is 3.26. The molecule has 0 saturated carbocycles. The van der Waals surface area contributed by atoms with Crippen LogP contribution in [0.3, 0.4) is 0 Å². The van der Waals surface area contributed by atoms with Crippen molar-refractivity contribution in [1.29, 1.82) is 0 Å². The number of carbonyl (C=O) groups excluding carboxylic acids is 2. The van der Waals surface area contributed by atoms with Crippen LogP contribution >= 0.6 is 0 Å². The van der Waals surface area contributed by atoms with E-state index in [1.165, 1.54) is 18.2 Å². The number of nitrogens with one attached hydrogen (secondary N) is 1. The first-order valence-corrected chi connectivity index (χ1v) is 13.4. The van der Waals surface area contributed by atoms with E-state index in [-0.39, 0.29) is 17.0 Å². The molecular weight excluding hydrogens is 535 g/mol. The maximum atomic E-state index is 12.8. The van der Waals surface area contributed by atoms with Gasteiger partial charge in [0.05, 0.1) is 22.5 Å². The summed E-state index contributed by atoms with van der Waals surface area (Å²) < 4.78 is 71.8. The topological polar surface area (TPSA) is 107 Å². The van der Waals surface area contributed by atoms with E-state index in [4.69, 9.17) is 4.74 Å². The van der Waals surface area contributed by atoms with E-state index in [0.717, 1.165) is 23.3 Å². The summed E-state index contributed by atoms with van der Waals surface area (Å²) in [5.41, 5.74) is 2.72. The fraction of sp³-hybridized carbons (Fsp3) is 0.222. The fourth-order valence-electron chi connectivity index (χ4n) is 3.95. The summed E-state index contributed by atoms with van der Waals surface area (Å²) in [6.07, 6.45) is -5.26. The number of carbonyl (C=O) groups is 2. The lowest BCUT2D eigenvalue weighted by Gasteiger charge is -2.11. The Bertz CT molecular complexity index is 1630. The molecule has 39 heavy (non-hydrogen) atoms. The van der Waals surface area contributed by atoms with Crippen LogP contribution in [-0.2, 0) is 27.6 Å². The second-order valence-electron chi connectivity index (χ2n) is 8.72. The summed E-state index contributed by atoms with van der Waals surface area (Å²) in [6.45, 7) is 3.60. The van der Waals surface area contributed by atoms with Crippen LogP contribution in [0.25, 0.3) is 16.7 Å². The zero-order valence-corrected chi connectivity index (χ0v) is 21.8. The minimum atomic E-state index is -4.97. The second kappa shape index (κ2) is 10.9. The molecule has 4 aromatic rings. The number of amides is 1. The maximum absolute atomic E-state index is 12.8. The molecule has 0 aliphatic heterocycles. The van der Waals surface area contributed by atoms with Crippen LogP contribution in [-0.4, -0.2) is 42.6 Å². The van der Waals surface area contributed by atoms with Crippen molar-refractivity contribution >= 4 is 32.9 Å². The smallest absolute Gasteiger partial charge is 0.448 e. The molecule has 0 fully saturated rings. The van der Waals surface area contributed by atoms with Crippen molar-refractivity contribution < 1.29 is 35.9 Å². The largest absolute Gasteiger partial charge is 0.454 e. The molecule has 4 rings (SSSR count). The third-order valence-electron chi connectivity index (χ3n) is 5.93. The van der Waals surface area contributed by atoms with Crippen LogP contribution in [0.2, 0.25) is 0 Å². The molecule has 12 heteroatoms. The van der Waals surface area contributed by atoms with Gasteiger partial charge in [-0.1, -0.05) is 36.8 Å². The summed E-state index contributed by atoms with van der Waals surface area (Å²) in [6, 6.07) is 16.9. The summed E-state index contributed by atoms with van der Waals surface area (Å²) >= 11 is 0. The van der Waals surface area contributed by atoms with E-state index >= 15 is 0 Å². The molecule has 3 aromatic carbocycles.